The molecule has 0 bridgehead atoms. The minimum absolute atomic E-state index is 0.0942. The molecule has 0 aliphatic carbocycles. The van der Waals surface area contributed by atoms with E-state index in [0.717, 1.165) is 0 Å². The first-order valence-electron chi connectivity index (χ1n) is 6.97. The Morgan fingerprint density at radius 3 is 2.60 bits per heavy atom. The zero-order valence-electron chi connectivity index (χ0n) is 13.4. The Bertz CT molecular complexity index is 867. The van der Waals surface area contributed by atoms with E-state index in [-0.39, 0.29) is 17.1 Å². The van der Waals surface area contributed by atoms with Crippen LogP contribution in [0.25, 0.3) is 0 Å². The second kappa shape index (κ2) is 7.63. The van der Waals surface area contributed by atoms with Gasteiger partial charge in [-0.1, -0.05) is 16.8 Å². The predicted molar refractivity (Wildman–Crippen MR) is 92.0 cm³/mol. The molecule has 0 heterocycles. The molecule has 0 aromatic heterocycles. The van der Waals surface area contributed by atoms with Gasteiger partial charge in [0.2, 0.25) is 0 Å². The minimum Gasteiger partial charge on any atom is -0.496 e. The number of hydrogen-bond donors (Lipinski definition) is 1. The number of nitrogens with zero attached hydrogens (tertiary/aromatic N) is 2. The van der Waals surface area contributed by atoms with Crippen molar-refractivity contribution in [1.82, 2.24) is 0 Å². The summed E-state index contributed by atoms with van der Waals surface area (Å²) in [4.78, 5) is 27.1. The van der Waals surface area contributed by atoms with Gasteiger partial charge in [-0.25, -0.2) is 4.79 Å². The lowest BCUT2D eigenvalue weighted by molar-refractivity contribution is -0.385. The van der Waals surface area contributed by atoms with E-state index < -0.39 is 10.9 Å². The van der Waals surface area contributed by atoms with Crippen molar-refractivity contribution in [3.8, 4) is 5.75 Å². The number of halogens is 1. The molecule has 2 rings (SSSR count). The molecule has 2 aromatic carbocycles. The highest BCUT2D eigenvalue weighted by Gasteiger charge is 2.16. The average Bonchev–Trinajstić information content (AvgIpc) is 2.58. The van der Waals surface area contributed by atoms with Gasteiger partial charge in [-0.3, -0.25) is 10.1 Å². The Labute approximate surface area is 147 Å². The number of methoxy groups -OCH3 is 1. The molecule has 0 aliphatic heterocycles. The van der Waals surface area contributed by atoms with Crippen LogP contribution in [0.15, 0.2) is 41.6 Å². The Morgan fingerprint density at radius 1 is 1.28 bits per heavy atom. The molecule has 0 aliphatic rings. The van der Waals surface area contributed by atoms with Crippen LogP contribution < -0.4 is 10.5 Å². The zero-order valence-corrected chi connectivity index (χ0v) is 14.1. The minimum atomic E-state index is -0.804. The molecule has 0 radical (unpaired) electrons. The maximum absolute atomic E-state index is 12.0. The van der Waals surface area contributed by atoms with Crippen molar-refractivity contribution in [1.29, 1.82) is 0 Å². The van der Waals surface area contributed by atoms with Crippen LogP contribution in [0, 0.1) is 17.0 Å². The van der Waals surface area contributed by atoms with Crippen molar-refractivity contribution in [2.24, 2.45) is 10.9 Å². The Hall–Kier alpha value is -3.13. The summed E-state index contributed by atoms with van der Waals surface area (Å²) in [6.07, 6.45) is 0. The summed E-state index contributed by atoms with van der Waals surface area (Å²) in [7, 11) is 1.45. The topological polar surface area (TPSA) is 117 Å². The third kappa shape index (κ3) is 4.24. The molecule has 130 valence electrons. The predicted octanol–water partition coefficient (Wildman–Crippen LogP) is 3.04. The summed E-state index contributed by atoms with van der Waals surface area (Å²) < 4.78 is 5.14. The SMILES string of the molecule is COc1ccc(Cl)cc1/C(N)=N/OC(=O)c1ccc([N+](=O)[O-])c(C)c1. The zero-order chi connectivity index (χ0) is 18.6. The van der Waals surface area contributed by atoms with Crippen molar-refractivity contribution in [2.75, 3.05) is 7.11 Å². The normalized spacial score (nSPS) is 11.1. The van der Waals surface area contributed by atoms with Gasteiger partial charge in [-0.15, -0.1) is 0 Å². The van der Waals surface area contributed by atoms with Crippen LogP contribution in [0.1, 0.15) is 21.5 Å². The molecule has 2 aromatic rings. The molecule has 0 unspecified atom stereocenters. The largest absolute Gasteiger partial charge is 0.496 e. The van der Waals surface area contributed by atoms with E-state index >= 15 is 0 Å². The van der Waals surface area contributed by atoms with Gasteiger partial charge < -0.3 is 15.3 Å². The lowest BCUT2D eigenvalue weighted by Gasteiger charge is -2.08. The summed E-state index contributed by atoms with van der Waals surface area (Å²) >= 11 is 5.91. The molecule has 0 saturated heterocycles. The Kier molecular flexibility index (Phi) is 5.56. The number of nitrogens with two attached hydrogens (primary N) is 1. The van der Waals surface area contributed by atoms with Gasteiger partial charge >= 0.3 is 5.97 Å². The fourth-order valence-electron chi connectivity index (χ4n) is 2.06. The quantitative estimate of drug-likeness (QED) is 0.287. The number of carbonyl (C=O) groups excluding carboxylic acids is 1. The van der Waals surface area contributed by atoms with Crippen molar-refractivity contribution >= 4 is 29.1 Å². The van der Waals surface area contributed by atoms with Crippen molar-refractivity contribution in [3.63, 3.8) is 0 Å². The van der Waals surface area contributed by atoms with Crippen molar-refractivity contribution in [2.45, 2.75) is 6.92 Å². The van der Waals surface area contributed by atoms with Crippen LogP contribution in [0.4, 0.5) is 5.69 Å². The van der Waals surface area contributed by atoms with Gasteiger partial charge in [0.05, 0.1) is 23.2 Å². The molecule has 25 heavy (non-hydrogen) atoms. The van der Waals surface area contributed by atoms with E-state index in [9.17, 15) is 14.9 Å². The standard InChI is InChI=1S/C16H14ClN3O5/c1-9-7-10(3-5-13(9)20(22)23)16(21)25-19-15(18)12-8-11(17)4-6-14(12)24-2/h3-8H,1-2H3,(H2,18,19). The molecular formula is C16H14ClN3O5. The van der Waals surface area contributed by atoms with Crippen molar-refractivity contribution in [3.05, 3.63) is 68.2 Å². The Balaban J connectivity index is 2.21. The summed E-state index contributed by atoms with van der Waals surface area (Å²) in [6, 6.07) is 8.57. The van der Waals surface area contributed by atoms with Crippen LogP contribution in [-0.4, -0.2) is 23.8 Å². The molecule has 0 atom stereocenters. The first kappa shape index (κ1) is 18.2. The number of rotatable bonds is 5. The van der Waals surface area contributed by atoms with Gasteiger partial charge in [0, 0.05) is 16.7 Å². The van der Waals surface area contributed by atoms with Crippen LogP contribution in [-0.2, 0) is 4.84 Å². The molecule has 9 heteroatoms. The van der Waals surface area contributed by atoms with E-state index in [1.165, 1.54) is 38.3 Å². The highest BCUT2D eigenvalue weighted by Crippen LogP contribution is 2.23. The van der Waals surface area contributed by atoms with Crippen LogP contribution in [0.2, 0.25) is 5.02 Å². The molecular weight excluding hydrogens is 350 g/mol. The monoisotopic (exact) mass is 363 g/mol. The molecule has 0 amide bonds. The van der Waals surface area contributed by atoms with Gasteiger partial charge in [-0.05, 0) is 37.3 Å². The number of oxime groups is 1. The molecule has 0 fully saturated rings. The van der Waals surface area contributed by atoms with Gasteiger partial charge in [0.1, 0.15) is 5.75 Å². The molecule has 2 N–H and O–H groups in total. The Morgan fingerprint density at radius 2 is 2.00 bits per heavy atom. The first-order valence-corrected chi connectivity index (χ1v) is 7.35. The number of nitro benzene ring substituents is 1. The number of hydrogen-bond acceptors (Lipinski definition) is 6. The fraction of sp³-hybridized carbons (Fsp3) is 0.125. The van der Waals surface area contributed by atoms with E-state index in [1.54, 1.807) is 12.1 Å². The third-order valence-electron chi connectivity index (χ3n) is 3.29. The summed E-state index contributed by atoms with van der Waals surface area (Å²) in [5.74, 6) is -0.499. The smallest absolute Gasteiger partial charge is 0.365 e. The highest BCUT2D eigenvalue weighted by atomic mass is 35.5. The van der Waals surface area contributed by atoms with E-state index in [2.05, 4.69) is 5.16 Å². The number of ether oxygens (including phenoxy) is 1. The number of benzene rings is 2. The summed E-state index contributed by atoms with van der Waals surface area (Å²) in [5, 5.41) is 14.8. The van der Waals surface area contributed by atoms with Crippen LogP contribution in [0.5, 0.6) is 5.75 Å². The number of aryl methyl sites for hydroxylation is 1. The van der Waals surface area contributed by atoms with Crippen LogP contribution >= 0.6 is 11.6 Å². The lowest BCUT2D eigenvalue weighted by Crippen LogP contribution is -2.16. The second-order valence-corrected chi connectivity index (χ2v) is 5.39. The number of nitro groups is 1. The lowest BCUT2D eigenvalue weighted by atomic mass is 10.1. The molecule has 0 spiro atoms. The highest BCUT2D eigenvalue weighted by molar-refractivity contribution is 6.31. The van der Waals surface area contributed by atoms with Gasteiger partial charge in [0.15, 0.2) is 5.84 Å². The maximum atomic E-state index is 12.0. The van der Waals surface area contributed by atoms with E-state index in [4.69, 9.17) is 26.9 Å². The first-order chi connectivity index (χ1) is 11.8. The fourth-order valence-corrected chi connectivity index (χ4v) is 2.23. The summed E-state index contributed by atoms with van der Waals surface area (Å²) in [5.41, 5.74) is 6.51. The molecule has 0 saturated carbocycles. The number of carbonyl (C=O) groups is 1. The second-order valence-electron chi connectivity index (χ2n) is 4.96. The number of amidine groups is 1. The third-order valence-corrected chi connectivity index (χ3v) is 3.53. The molecule has 8 nitrogen and oxygen atoms in total. The van der Waals surface area contributed by atoms with Crippen LogP contribution in [0.3, 0.4) is 0 Å². The summed E-state index contributed by atoms with van der Waals surface area (Å²) in [6.45, 7) is 1.52. The van der Waals surface area contributed by atoms with Gasteiger partial charge in [0.25, 0.3) is 5.69 Å². The van der Waals surface area contributed by atoms with E-state index in [1.807, 2.05) is 0 Å². The van der Waals surface area contributed by atoms with E-state index in [0.29, 0.717) is 21.9 Å². The maximum Gasteiger partial charge on any atom is 0.365 e. The van der Waals surface area contributed by atoms with Crippen molar-refractivity contribution < 1.29 is 19.3 Å². The van der Waals surface area contributed by atoms with Gasteiger partial charge in [-0.2, -0.15) is 0 Å². The average molecular weight is 364 g/mol.